The molecular formula is C8H7Br. The molecule has 0 unspecified atom stereocenters. The lowest BCUT2D eigenvalue weighted by molar-refractivity contribution is 1.67. The third kappa shape index (κ3) is 2.02. The highest BCUT2D eigenvalue weighted by Crippen LogP contribution is 2.01. The molecule has 0 N–H and O–H groups in total. The lowest BCUT2D eigenvalue weighted by atomic mass is 10.2. The van der Waals surface area contributed by atoms with E-state index in [1.165, 1.54) is 0 Å². The molecule has 0 aliphatic carbocycles. The van der Waals surface area contributed by atoms with Crippen molar-refractivity contribution in [3.05, 3.63) is 40.9 Å². The summed E-state index contributed by atoms with van der Waals surface area (Å²) in [5.41, 5.74) is 0.930. The van der Waals surface area contributed by atoms with Crippen molar-refractivity contribution in [1.29, 1.82) is 0 Å². The van der Waals surface area contributed by atoms with E-state index < -0.39 is 0 Å². The van der Waals surface area contributed by atoms with Gasteiger partial charge in [-0.05, 0) is 16.6 Å². The van der Waals surface area contributed by atoms with Gasteiger partial charge in [0.05, 0.1) is 1.37 Å². The predicted octanol–water partition coefficient (Wildman–Crippen LogP) is 3.05. The van der Waals surface area contributed by atoms with Gasteiger partial charge in [-0.25, -0.2) is 0 Å². The summed E-state index contributed by atoms with van der Waals surface area (Å²) < 4.78 is 7.38. The van der Waals surface area contributed by atoms with Crippen molar-refractivity contribution in [2.45, 2.75) is 0 Å². The molecule has 0 nitrogen and oxygen atoms in total. The van der Waals surface area contributed by atoms with Crippen molar-refractivity contribution in [2.24, 2.45) is 0 Å². The van der Waals surface area contributed by atoms with Crippen molar-refractivity contribution in [3.63, 3.8) is 0 Å². The molecule has 1 rings (SSSR count). The largest absolute Gasteiger partial charge is 0.0635 e. The van der Waals surface area contributed by atoms with Gasteiger partial charge in [0.2, 0.25) is 0 Å². The zero-order valence-corrected chi connectivity index (χ0v) is 6.43. The van der Waals surface area contributed by atoms with Crippen LogP contribution in [-0.2, 0) is 0 Å². The highest BCUT2D eigenvalue weighted by molar-refractivity contribution is 9.11. The van der Waals surface area contributed by atoms with Crippen LogP contribution in [0.2, 0.25) is 0 Å². The lowest BCUT2D eigenvalue weighted by Gasteiger charge is -1.86. The Hall–Kier alpha value is -0.560. The Kier molecular flexibility index (Phi) is 2.02. The maximum atomic E-state index is 7.38. The van der Waals surface area contributed by atoms with E-state index in [-0.39, 0.29) is 0 Å². The topological polar surface area (TPSA) is 0 Å². The molecule has 0 bridgehead atoms. The first kappa shape index (κ1) is 5.24. The molecule has 0 amide bonds. The van der Waals surface area contributed by atoms with Gasteiger partial charge in [0, 0.05) is 0 Å². The first-order valence-electron chi connectivity index (χ1n) is 3.17. The molecule has 0 atom stereocenters. The molecule has 0 aliphatic heterocycles. The Balaban J connectivity index is 2.96. The maximum Gasteiger partial charge on any atom is 0.0635 e. The van der Waals surface area contributed by atoms with Gasteiger partial charge in [-0.15, -0.1) is 0 Å². The molecule has 0 fully saturated rings. The van der Waals surface area contributed by atoms with Crippen molar-refractivity contribution in [2.75, 3.05) is 0 Å². The van der Waals surface area contributed by atoms with Gasteiger partial charge in [0.25, 0.3) is 0 Å². The fourth-order valence-corrected chi connectivity index (χ4v) is 0.862. The summed E-state index contributed by atoms with van der Waals surface area (Å²) in [5, 5.41) is 0. The van der Waals surface area contributed by atoms with Crippen LogP contribution in [0.5, 0.6) is 0 Å². The molecule has 0 aromatic heterocycles. The van der Waals surface area contributed by atoms with Crippen molar-refractivity contribution >= 4 is 22.0 Å². The third-order valence-corrected chi connectivity index (χ3v) is 1.22. The van der Waals surface area contributed by atoms with Crippen molar-refractivity contribution in [1.82, 2.24) is 0 Å². The van der Waals surface area contributed by atoms with Crippen LogP contribution in [0.1, 0.15) is 6.93 Å². The van der Waals surface area contributed by atoms with Gasteiger partial charge in [0.15, 0.2) is 0 Å². The maximum absolute atomic E-state index is 7.38. The summed E-state index contributed by atoms with van der Waals surface area (Å²) in [5.74, 6) is 0. The Morgan fingerprint density at radius 2 is 2.00 bits per heavy atom. The average Bonchev–Trinajstić information content (AvgIpc) is 2.05. The summed E-state index contributed by atoms with van der Waals surface area (Å²) in [4.78, 5) is 1.60. The standard InChI is InChI=1S/C8H7Br/c9-7-6-8-4-2-1-3-5-8/h1-7H/b7-6+/i6D. The highest BCUT2D eigenvalue weighted by Gasteiger charge is 1.78. The number of benzene rings is 1. The first-order chi connectivity index (χ1) is 4.84. The quantitative estimate of drug-likeness (QED) is 0.629. The molecule has 1 aromatic rings. The minimum atomic E-state index is 0.501. The molecule has 46 valence electrons. The summed E-state index contributed by atoms with van der Waals surface area (Å²) >= 11 is 3.10. The zero-order valence-electron chi connectivity index (χ0n) is 5.84. The summed E-state index contributed by atoms with van der Waals surface area (Å²) in [6.45, 7) is 0. The minimum Gasteiger partial charge on any atom is -0.0622 e. The molecule has 9 heavy (non-hydrogen) atoms. The Morgan fingerprint density at radius 1 is 1.33 bits per heavy atom. The molecule has 0 aliphatic rings. The van der Waals surface area contributed by atoms with E-state index in [1.54, 1.807) is 4.99 Å². The number of halogens is 1. The van der Waals surface area contributed by atoms with Gasteiger partial charge in [-0.3, -0.25) is 0 Å². The second-order valence-electron chi connectivity index (χ2n) is 1.62. The predicted molar refractivity (Wildman–Crippen MR) is 44.4 cm³/mol. The van der Waals surface area contributed by atoms with E-state index in [1.807, 2.05) is 30.3 Å². The molecule has 0 saturated heterocycles. The summed E-state index contributed by atoms with van der Waals surface area (Å²) in [6.07, 6.45) is 0. The second kappa shape index (κ2) is 3.46. The number of rotatable bonds is 1. The third-order valence-electron chi connectivity index (χ3n) is 0.995. The van der Waals surface area contributed by atoms with E-state index in [2.05, 4.69) is 15.9 Å². The van der Waals surface area contributed by atoms with Crippen LogP contribution in [-0.4, -0.2) is 0 Å². The monoisotopic (exact) mass is 183 g/mol. The van der Waals surface area contributed by atoms with Crippen LogP contribution in [0.25, 0.3) is 6.05 Å². The van der Waals surface area contributed by atoms with Gasteiger partial charge < -0.3 is 0 Å². The van der Waals surface area contributed by atoms with Gasteiger partial charge in [-0.2, -0.15) is 0 Å². The van der Waals surface area contributed by atoms with E-state index in [0.29, 0.717) is 6.05 Å². The van der Waals surface area contributed by atoms with Crippen LogP contribution in [0, 0.1) is 0 Å². The van der Waals surface area contributed by atoms with Crippen LogP contribution >= 0.6 is 15.9 Å². The highest BCUT2D eigenvalue weighted by atomic mass is 79.9. The molecule has 0 radical (unpaired) electrons. The van der Waals surface area contributed by atoms with E-state index in [9.17, 15) is 0 Å². The Bertz CT molecular complexity index is 228. The van der Waals surface area contributed by atoms with Crippen molar-refractivity contribution in [3.8, 4) is 0 Å². The van der Waals surface area contributed by atoms with Crippen LogP contribution < -0.4 is 0 Å². The van der Waals surface area contributed by atoms with E-state index in [0.717, 1.165) is 5.56 Å². The molecule has 0 saturated carbocycles. The van der Waals surface area contributed by atoms with Gasteiger partial charge in [-0.1, -0.05) is 46.3 Å². The zero-order chi connectivity index (χ0) is 7.40. The number of hydrogen-bond acceptors (Lipinski definition) is 0. The van der Waals surface area contributed by atoms with Gasteiger partial charge in [0.1, 0.15) is 0 Å². The lowest BCUT2D eigenvalue weighted by Crippen LogP contribution is -1.64. The van der Waals surface area contributed by atoms with Crippen molar-refractivity contribution < 1.29 is 1.37 Å². The molecule has 0 spiro atoms. The average molecular weight is 184 g/mol. The molecular weight excluding hydrogens is 176 g/mol. The first-order valence-corrected chi connectivity index (χ1v) is 3.58. The molecule has 1 heteroatoms. The Labute approximate surface area is 64.7 Å². The van der Waals surface area contributed by atoms with Crippen LogP contribution in [0.15, 0.2) is 35.3 Å². The van der Waals surface area contributed by atoms with Crippen LogP contribution in [0.4, 0.5) is 0 Å². The molecule has 1 aromatic carbocycles. The normalized spacial score (nSPS) is 13.0. The fraction of sp³-hybridized carbons (Fsp3) is 0. The summed E-state index contributed by atoms with van der Waals surface area (Å²) in [6, 6.07) is 10.1. The van der Waals surface area contributed by atoms with E-state index >= 15 is 0 Å². The van der Waals surface area contributed by atoms with Gasteiger partial charge >= 0.3 is 0 Å². The number of hydrogen-bond donors (Lipinski definition) is 0. The smallest absolute Gasteiger partial charge is 0.0622 e. The summed E-state index contributed by atoms with van der Waals surface area (Å²) in [7, 11) is 0. The van der Waals surface area contributed by atoms with E-state index in [4.69, 9.17) is 1.37 Å². The minimum absolute atomic E-state index is 0.501. The molecule has 0 heterocycles. The second-order valence-corrected chi connectivity index (χ2v) is 2.08. The SMILES string of the molecule is [2H]/C(=C\Br)c1ccccc1. The fourth-order valence-electron chi connectivity index (χ4n) is 0.597. The van der Waals surface area contributed by atoms with Crippen LogP contribution in [0.3, 0.4) is 0 Å². The Morgan fingerprint density at radius 3 is 2.56 bits per heavy atom.